The van der Waals surface area contributed by atoms with E-state index in [2.05, 4.69) is 10.3 Å². The number of carbonyl (C=O) groups is 2. The zero-order valence-electron chi connectivity index (χ0n) is 14.2. The van der Waals surface area contributed by atoms with Crippen LogP contribution in [0.1, 0.15) is 28.8 Å². The van der Waals surface area contributed by atoms with Crippen LogP contribution in [0, 0.1) is 23.0 Å². The summed E-state index contributed by atoms with van der Waals surface area (Å²) in [6, 6.07) is 4.34. The Morgan fingerprint density at radius 3 is 2.88 bits per heavy atom. The van der Waals surface area contributed by atoms with Crippen LogP contribution in [-0.2, 0) is 4.79 Å². The fraction of sp³-hybridized carbons (Fsp3) is 0.353. The molecule has 1 fully saturated rings. The topological polar surface area (TPSA) is 105 Å². The Bertz CT molecular complexity index is 837. The number of likely N-dealkylation sites (tertiary alicyclic amines) is 1. The second-order valence-electron chi connectivity index (χ2n) is 6.18. The Kier molecular flexibility index (Phi) is 5.27. The third-order valence-electron chi connectivity index (χ3n) is 4.38. The number of nitrogens with one attached hydrogen (secondary N) is 1. The van der Waals surface area contributed by atoms with Crippen molar-refractivity contribution < 1.29 is 14.5 Å². The number of benzene rings is 1. The molecule has 0 saturated carbocycles. The highest BCUT2D eigenvalue weighted by Gasteiger charge is 2.29. The van der Waals surface area contributed by atoms with Gasteiger partial charge in [-0.1, -0.05) is 0 Å². The number of carbonyl (C=O) groups excluding carboxylic acids is 2. The van der Waals surface area contributed by atoms with Crippen molar-refractivity contribution >= 4 is 34.0 Å². The van der Waals surface area contributed by atoms with Crippen LogP contribution in [0.4, 0.5) is 10.8 Å². The number of anilines is 1. The van der Waals surface area contributed by atoms with Gasteiger partial charge in [-0.05, 0) is 31.9 Å². The van der Waals surface area contributed by atoms with Gasteiger partial charge in [-0.15, -0.1) is 11.3 Å². The highest BCUT2D eigenvalue weighted by Crippen LogP contribution is 2.23. The largest absolute Gasteiger partial charge is 0.338 e. The Morgan fingerprint density at radius 1 is 1.42 bits per heavy atom. The summed E-state index contributed by atoms with van der Waals surface area (Å²) in [5.74, 6) is -0.650. The van der Waals surface area contributed by atoms with Gasteiger partial charge in [0.2, 0.25) is 5.91 Å². The van der Waals surface area contributed by atoms with E-state index in [1.165, 1.54) is 29.5 Å². The standard InChI is InChI=1S/C17H18N4O4S/c1-11-9-12(4-5-14(11)21(24)25)16(23)20-7-2-3-13(10-20)15(22)19-17-18-6-8-26-17/h4-6,8-9,13H,2-3,7,10H2,1H3,(H,18,19,22). The predicted octanol–water partition coefficient (Wildman–Crippen LogP) is 2.85. The molecule has 1 saturated heterocycles. The van der Waals surface area contributed by atoms with Gasteiger partial charge in [0.1, 0.15) is 0 Å². The van der Waals surface area contributed by atoms with Gasteiger partial charge in [0.25, 0.3) is 11.6 Å². The zero-order valence-corrected chi connectivity index (χ0v) is 15.0. The molecule has 1 unspecified atom stereocenters. The second-order valence-corrected chi connectivity index (χ2v) is 7.07. The smallest absolute Gasteiger partial charge is 0.272 e. The number of hydrogen-bond donors (Lipinski definition) is 1. The third-order valence-corrected chi connectivity index (χ3v) is 5.07. The molecule has 2 heterocycles. The second kappa shape index (κ2) is 7.61. The summed E-state index contributed by atoms with van der Waals surface area (Å²) in [7, 11) is 0. The molecule has 8 nitrogen and oxygen atoms in total. The molecule has 1 aromatic heterocycles. The first kappa shape index (κ1) is 18.0. The van der Waals surface area contributed by atoms with Crippen LogP contribution < -0.4 is 5.32 Å². The zero-order chi connectivity index (χ0) is 18.7. The summed E-state index contributed by atoms with van der Waals surface area (Å²) in [4.78, 5) is 41.2. The number of amides is 2. The van der Waals surface area contributed by atoms with Crippen molar-refractivity contribution in [2.45, 2.75) is 19.8 Å². The molecule has 136 valence electrons. The molecule has 1 aromatic carbocycles. The number of nitrogens with zero attached hydrogens (tertiary/aromatic N) is 3. The van der Waals surface area contributed by atoms with Gasteiger partial charge >= 0.3 is 0 Å². The van der Waals surface area contributed by atoms with E-state index in [-0.39, 0.29) is 23.4 Å². The van der Waals surface area contributed by atoms with Gasteiger partial charge < -0.3 is 10.2 Å². The SMILES string of the molecule is Cc1cc(C(=O)N2CCCC(C(=O)Nc3nccs3)C2)ccc1[N+](=O)[O-]. The number of rotatable bonds is 4. The number of aryl methyl sites for hydroxylation is 1. The molecule has 26 heavy (non-hydrogen) atoms. The number of thiazole rings is 1. The van der Waals surface area contributed by atoms with Crippen molar-refractivity contribution in [1.29, 1.82) is 0 Å². The fourth-order valence-corrected chi connectivity index (χ4v) is 3.58. The molecule has 0 aliphatic carbocycles. The first-order chi connectivity index (χ1) is 12.5. The van der Waals surface area contributed by atoms with Crippen LogP contribution in [0.2, 0.25) is 0 Å². The first-order valence-electron chi connectivity index (χ1n) is 8.20. The van der Waals surface area contributed by atoms with Crippen molar-refractivity contribution in [1.82, 2.24) is 9.88 Å². The molecule has 0 radical (unpaired) electrons. The van der Waals surface area contributed by atoms with Crippen molar-refractivity contribution in [2.24, 2.45) is 5.92 Å². The van der Waals surface area contributed by atoms with E-state index in [9.17, 15) is 19.7 Å². The van der Waals surface area contributed by atoms with Crippen LogP contribution >= 0.6 is 11.3 Å². The number of hydrogen-bond acceptors (Lipinski definition) is 6. The minimum atomic E-state index is -0.469. The molecule has 1 N–H and O–H groups in total. The van der Waals surface area contributed by atoms with E-state index in [1.54, 1.807) is 23.4 Å². The van der Waals surface area contributed by atoms with Crippen LogP contribution in [0.25, 0.3) is 0 Å². The number of nitro groups is 1. The maximum atomic E-state index is 12.7. The Morgan fingerprint density at radius 2 is 2.23 bits per heavy atom. The van der Waals surface area contributed by atoms with Crippen LogP contribution in [0.3, 0.4) is 0 Å². The quantitative estimate of drug-likeness (QED) is 0.654. The third kappa shape index (κ3) is 3.88. The lowest BCUT2D eigenvalue weighted by molar-refractivity contribution is -0.385. The molecular weight excluding hydrogens is 356 g/mol. The lowest BCUT2D eigenvalue weighted by Crippen LogP contribution is -2.43. The summed E-state index contributed by atoms with van der Waals surface area (Å²) in [6.45, 7) is 2.50. The monoisotopic (exact) mass is 374 g/mol. The molecule has 2 amide bonds. The molecule has 1 aliphatic heterocycles. The van der Waals surface area contributed by atoms with Gasteiger partial charge in [-0.25, -0.2) is 4.98 Å². The average molecular weight is 374 g/mol. The molecular formula is C17H18N4O4S. The van der Waals surface area contributed by atoms with Crippen LogP contribution in [-0.4, -0.2) is 39.7 Å². The fourth-order valence-electron chi connectivity index (χ4n) is 3.04. The summed E-state index contributed by atoms with van der Waals surface area (Å²) >= 11 is 1.35. The molecule has 9 heteroatoms. The maximum Gasteiger partial charge on any atom is 0.272 e. The van der Waals surface area contributed by atoms with E-state index in [0.717, 1.165) is 6.42 Å². The van der Waals surface area contributed by atoms with Gasteiger partial charge in [-0.3, -0.25) is 19.7 Å². The Balaban J connectivity index is 1.69. The first-order valence-corrected chi connectivity index (χ1v) is 9.08. The average Bonchev–Trinajstić information content (AvgIpc) is 3.13. The van der Waals surface area contributed by atoms with E-state index in [0.29, 0.717) is 35.8 Å². The number of aromatic nitrogens is 1. The Labute approximate surface area is 154 Å². The van der Waals surface area contributed by atoms with Crippen molar-refractivity contribution in [3.8, 4) is 0 Å². The van der Waals surface area contributed by atoms with Crippen molar-refractivity contribution in [3.05, 3.63) is 51.0 Å². The molecule has 3 rings (SSSR count). The van der Waals surface area contributed by atoms with Gasteiger partial charge in [-0.2, -0.15) is 0 Å². The summed E-state index contributed by atoms with van der Waals surface area (Å²) in [5.41, 5.74) is 0.825. The number of nitro benzene ring substituents is 1. The summed E-state index contributed by atoms with van der Waals surface area (Å²) in [5, 5.41) is 16.0. The maximum absolute atomic E-state index is 12.7. The molecule has 0 bridgehead atoms. The van der Waals surface area contributed by atoms with E-state index >= 15 is 0 Å². The van der Waals surface area contributed by atoms with Crippen LogP contribution in [0.5, 0.6) is 0 Å². The van der Waals surface area contributed by atoms with Crippen LogP contribution in [0.15, 0.2) is 29.8 Å². The lowest BCUT2D eigenvalue weighted by atomic mass is 9.96. The Hall–Kier alpha value is -2.81. The van der Waals surface area contributed by atoms with Gasteiger partial charge in [0.15, 0.2) is 5.13 Å². The molecule has 2 aromatic rings. The minimum Gasteiger partial charge on any atom is -0.338 e. The lowest BCUT2D eigenvalue weighted by Gasteiger charge is -2.32. The minimum absolute atomic E-state index is 0.0131. The highest BCUT2D eigenvalue weighted by atomic mass is 32.1. The molecule has 1 aliphatic rings. The molecule has 0 spiro atoms. The summed E-state index contributed by atoms with van der Waals surface area (Å²) < 4.78 is 0. The molecule has 1 atom stereocenters. The highest BCUT2D eigenvalue weighted by molar-refractivity contribution is 7.13. The van der Waals surface area contributed by atoms with E-state index in [4.69, 9.17) is 0 Å². The predicted molar refractivity (Wildman–Crippen MR) is 97.2 cm³/mol. The number of piperidine rings is 1. The van der Waals surface area contributed by atoms with Crippen molar-refractivity contribution in [2.75, 3.05) is 18.4 Å². The van der Waals surface area contributed by atoms with Gasteiger partial charge in [0.05, 0.1) is 10.8 Å². The van der Waals surface area contributed by atoms with E-state index < -0.39 is 4.92 Å². The summed E-state index contributed by atoms with van der Waals surface area (Å²) in [6.07, 6.45) is 3.06. The van der Waals surface area contributed by atoms with Gasteiger partial charge in [0, 0.05) is 41.9 Å². The van der Waals surface area contributed by atoms with Crippen molar-refractivity contribution in [3.63, 3.8) is 0 Å². The van der Waals surface area contributed by atoms with E-state index in [1.807, 2.05) is 0 Å². The normalized spacial score (nSPS) is 17.0.